The number of benzene rings is 1. The van der Waals surface area contributed by atoms with Crippen molar-refractivity contribution in [3.05, 3.63) is 29.8 Å². The Morgan fingerprint density at radius 2 is 1.52 bits per heavy atom. The second-order valence-electron chi connectivity index (χ2n) is 6.81. The summed E-state index contributed by atoms with van der Waals surface area (Å²) in [6.07, 6.45) is 8.56. The zero-order valence-electron chi connectivity index (χ0n) is 17.0. The fraction of sp³-hybridized carbons (Fsp3) is 0.714. The van der Waals surface area contributed by atoms with Crippen LogP contribution >= 0.6 is 0 Å². The van der Waals surface area contributed by atoms with Gasteiger partial charge >= 0.3 is 0 Å². The van der Waals surface area contributed by atoms with E-state index in [0.29, 0.717) is 0 Å². The highest BCUT2D eigenvalue weighted by Crippen LogP contribution is 2.38. The fourth-order valence-electron chi connectivity index (χ4n) is 3.37. The molecular weight excluding hydrogens is 314 g/mol. The molecule has 144 valence electrons. The van der Waals surface area contributed by atoms with E-state index in [4.69, 9.17) is 14.2 Å². The number of anilines is 1. The summed E-state index contributed by atoms with van der Waals surface area (Å²) in [6, 6.07) is 8.54. The Morgan fingerprint density at radius 3 is 2.08 bits per heavy atom. The van der Waals surface area contributed by atoms with Crippen LogP contribution in [-0.4, -0.2) is 41.4 Å². The number of unbranched alkanes of at least 4 members (excludes halogenated alkanes) is 5. The molecular formula is C21H37NO3. The normalized spacial score (nSPS) is 13.0. The number of nitrogens with zero attached hydrogens (tertiary/aromatic N) is 1. The topological polar surface area (TPSA) is 30.9 Å². The number of hydrogen-bond donors (Lipinski definition) is 0. The van der Waals surface area contributed by atoms with Crippen LogP contribution in [0.15, 0.2) is 24.3 Å². The number of methoxy groups -OCH3 is 3. The zero-order valence-corrected chi connectivity index (χ0v) is 17.0. The summed E-state index contributed by atoms with van der Waals surface area (Å²) in [4.78, 5) is 2.11. The lowest BCUT2D eigenvalue weighted by Gasteiger charge is -2.37. The van der Waals surface area contributed by atoms with Crippen LogP contribution in [0.25, 0.3) is 0 Å². The largest absolute Gasteiger partial charge is 0.378 e. The van der Waals surface area contributed by atoms with Crippen LogP contribution in [0.1, 0.15) is 63.4 Å². The smallest absolute Gasteiger partial charge is 0.289 e. The van der Waals surface area contributed by atoms with Crippen LogP contribution in [0, 0.1) is 0 Å². The Hall–Kier alpha value is -1.10. The average Bonchev–Trinajstić information content (AvgIpc) is 2.64. The predicted molar refractivity (Wildman–Crippen MR) is 105 cm³/mol. The van der Waals surface area contributed by atoms with Crippen molar-refractivity contribution < 1.29 is 14.2 Å². The maximum atomic E-state index is 5.69. The second kappa shape index (κ2) is 11.5. The van der Waals surface area contributed by atoms with E-state index in [1.165, 1.54) is 43.4 Å². The lowest BCUT2D eigenvalue weighted by Crippen LogP contribution is -2.42. The van der Waals surface area contributed by atoms with Gasteiger partial charge < -0.3 is 19.1 Å². The van der Waals surface area contributed by atoms with Gasteiger partial charge in [0.25, 0.3) is 5.97 Å². The van der Waals surface area contributed by atoms with Gasteiger partial charge in [0.15, 0.2) is 0 Å². The van der Waals surface area contributed by atoms with Crippen LogP contribution in [0.5, 0.6) is 0 Å². The third kappa shape index (κ3) is 6.28. The molecule has 0 N–H and O–H groups in total. The number of rotatable bonds is 13. The minimum atomic E-state index is -1.05. The summed E-state index contributed by atoms with van der Waals surface area (Å²) >= 11 is 0. The molecule has 1 aromatic rings. The lowest BCUT2D eigenvalue weighted by molar-refractivity contribution is -0.365. The van der Waals surface area contributed by atoms with Crippen molar-refractivity contribution in [1.29, 1.82) is 0 Å². The maximum absolute atomic E-state index is 5.69. The van der Waals surface area contributed by atoms with E-state index >= 15 is 0 Å². The molecule has 0 saturated heterocycles. The first kappa shape index (κ1) is 21.9. The summed E-state index contributed by atoms with van der Waals surface area (Å²) in [5.74, 6) is -1.02. The Labute approximate surface area is 154 Å². The standard InChI is InChI=1S/C21H37NO3/c1-7-8-9-10-11-12-16-20(21(23-4,24-5)25-6)18-14-13-15-19(17-18)22(2)3/h13-15,17,20H,7-12,16H2,1-6H3. The van der Waals surface area contributed by atoms with Crippen LogP contribution < -0.4 is 4.90 Å². The molecule has 1 unspecified atom stereocenters. The van der Waals surface area contributed by atoms with Gasteiger partial charge in [-0.15, -0.1) is 0 Å². The molecule has 25 heavy (non-hydrogen) atoms. The van der Waals surface area contributed by atoms with Crippen LogP contribution in [0.2, 0.25) is 0 Å². The third-order valence-corrected chi connectivity index (χ3v) is 4.92. The van der Waals surface area contributed by atoms with Crippen molar-refractivity contribution >= 4 is 5.69 Å². The van der Waals surface area contributed by atoms with E-state index in [-0.39, 0.29) is 5.92 Å². The third-order valence-electron chi connectivity index (χ3n) is 4.92. The molecule has 0 aromatic heterocycles. The summed E-state index contributed by atoms with van der Waals surface area (Å²) < 4.78 is 17.1. The van der Waals surface area contributed by atoms with Crippen molar-refractivity contribution in [2.24, 2.45) is 0 Å². The quantitative estimate of drug-likeness (QED) is 0.362. The highest BCUT2D eigenvalue weighted by molar-refractivity contribution is 5.48. The molecule has 4 nitrogen and oxygen atoms in total. The second-order valence-corrected chi connectivity index (χ2v) is 6.81. The average molecular weight is 352 g/mol. The summed E-state index contributed by atoms with van der Waals surface area (Å²) in [5, 5.41) is 0. The minimum Gasteiger partial charge on any atom is -0.378 e. The molecule has 0 saturated carbocycles. The first-order valence-corrected chi connectivity index (χ1v) is 9.47. The summed E-state index contributed by atoms with van der Waals surface area (Å²) in [6.45, 7) is 2.25. The monoisotopic (exact) mass is 351 g/mol. The Balaban J connectivity index is 2.93. The van der Waals surface area contributed by atoms with Crippen molar-refractivity contribution in [3.63, 3.8) is 0 Å². The van der Waals surface area contributed by atoms with E-state index in [9.17, 15) is 0 Å². The van der Waals surface area contributed by atoms with E-state index in [2.05, 4.69) is 50.2 Å². The van der Waals surface area contributed by atoms with Gasteiger partial charge in [0, 0.05) is 41.1 Å². The number of ether oxygens (including phenoxy) is 3. The molecule has 0 radical (unpaired) electrons. The molecule has 0 amide bonds. The molecule has 0 bridgehead atoms. The molecule has 1 aromatic carbocycles. The van der Waals surface area contributed by atoms with Crippen LogP contribution in [-0.2, 0) is 14.2 Å². The zero-order chi connectivity index (χ0) is 18.7. The van der Waals surface area contributed by atoms with Gasteiger partial charge in [-0.1, -0.05) is 57.6 Å². The molecule has 0 aliphatic carbocycles. The minimum absolute atomic E-state index is 0.0265. The van der Waals surface area contributed by atoms with Crippen molar-refractivity contribution in [3.8, 4) is 0 Å². The SMILES string of the molecule is CCCCCCCCC(c1cccc(N(C)C)c1)C(OC)(OC)OC. The lowest BCUT2D eigenvalue weighted by atomic mass is 9.90. The summed E-state index contributed by atoms with van der Waals surface area (Å²) in [5.41, 5.74) is 2.35. The summed E-state index contributed by atoms with van der Waals surface area (Å²) in [7, 11) is 9.06. The molecule has 1 atom stereocenters. The van der Waals surface area contributed by atoms with E-state index in [1.54, 1.807) is 21.3 Å². The van der Waals surface area contributed by atoms with Gasteiger partial charge in [0.05, 0.1) is 5.92 Å². The van der Waals surface area contributed by atoms with Gasteiger partial charge in [-0.3, -0.25) is 0 Å². The Kier molecular flexibility index (Phi) is 10.1. The van der Waals surface area contributed by atoms with E-state index in [1.807, 2.05) is 0 Å². The fourth-order valence-corrected chi connectivity index (χ4v) is 3.37. The van der Waals surface area contributed by atoms with Gasteiger partial charge in [-0.05, 0) is 24.1 Å². The van der Waals surface area contributed by atoms with Gasteiger partial charge in [-0.2, -0.15) is 0 Å². The maximum Gasteiger partial charge on any atom is 0.289 e. The highest BCUT2D eigenvalue weighted by atomic mass is 16.9. The molecule has 0 spiro atoms. The molecule has 0 heterocycles. The van der Waals surface area contributed by atoms with E-state index in [0.717, 1.165) is 12.8 Å². The van der Waals surface area contributed by atoms with Gasteiger partial charge in [0.1, 0.15) is 0 Å². The van der Waals surface area contributed by atoms with Crippen LogP contribution in [0.3, 0.4) is 0 Å². The predicted octanol–water partition coefficient (Wildman–Crippen LogP) is 5.18. The first-order valence-electron chi connectivity index (χ1n) is 9.47. The molecule has 1 rings (SSSR count). The first-order chi connectivity index (χ1) is 12.0. The molecule has 4 heteroatoms. The molecule has 0 fully saturated rings. The molecule has 0 aliphatic heterocycles. The molecule has 0 aliphatic rings. The van der Waals surface area contributed by atoms with Crippen molar-refractivity contribution in [2.75, 3.05) is 40.3 Å². The van der Waals surface area contributed by atoms with Gasteiger partial charge in [0.2, 0.25) is 0 Å². The van der Waals surface area contributed by atoms with Crippen molar-refractivity contribution in [1.82, 2.24) is 0 Å². The van der Waals surface area contributed by atoms with Gasteiger partial charge in [-0.25, -0.2) is 0 Å². The Morgan fingerprint density at radius 1 is 0.920 bits per heavy atom. The van der Waals surface area contributed by atoms with E-state index < -0.39 is 5.97 Å². The van der Waals surface area contributed by atoms with Crippen LogP contribution in [0.4, 0.5) is 5.69 Å². The Bertz CT molecular complexity index is 464. The highest BCUT2D eigenvalue weighted by Gasteiger charge is 2.40. The number of hydrogen-bond acceptors (Lipinski definition) is 4. The van der Waals surface area contributed by atoms with Crippen molar-refractivity contribution in [2.45, 2.75) is 63.8 Å².